The van der Waals surface area contributed by atoms with Gasteiger partial charge in [0.2, 0.25) is 0 Å². The van der Waals surface area contributed by atoms with Gasteiger partial charge < -0.3 is 0 Å². The summed E-state index contributed by atoms with van der Waals surface area (Å²) in [6.07, 6.45) is 0. The van der Waals surface area contributed by atoms with Gasteiger partial charge in [-0.3, -0.25) is 19.4 Å². The number of Topliss-reactive ketones (excluding diaryl/α,β-unsaturated/α-hetero) is 1. The van der Waals surface area contributed by atoms with Crippen LogP contribution in [0, 0.1) is 0 Å². The van der Waals surface area contributed by atoms with Gasteiger partial charge in [0.25, 0.3) is 5.78 Å². The fourth-order valence-electron chi connectivity index (χ4n) is 2.72. The van der Waals surface area contributed by atoms with E-state index in [1.54, 1.807) is 11.0 Å². The van der Waals surface area contributed by atoms with E-state index in [0.29, 0.717) is 17.9 Å². The molecule has 0 aliphatic carbocycles. The molecule has 5 heteroatoms. The smallest absolute Gasteiger partial charge is 0.291 e. The minimum atomic E-state index is -0.454. The highest BCUT2D eigenvalue weighted by molar-refractivity contribution is 9.10. The maximum absolute atomic E-state index is 12.3. The van der Waals surface area contributed by atoms with E-state index >= 15 is 0 Å². The average molecular weight is 373 g/mol. The maximum atomic E-state index is 12.3. The monoisotopic (exact) mass is 372 g/mol. The van der Waals surface area contributed by atoms with E-state index in [9.17, 15) is 9.59 Å². The Morgan fingerprint density at radius 2 is 1.83 bits per heavy atom. The first-order valence-electron chi connectivity index (χ1n) is 7.52. The van der Waals surface area contributed by atoms with Crippen molar-refractivity contribution < 1.29 is 9.59 Å². The van der Waals surface area contributed by atoms with E-state index in [1.807, 2.05) is 37.3 Å². The van der Waals surface area contributed by atoms with Crippen molar-refractivity contribution in [1.29, 1.82) is 0 Å². The number of anilines is 1. The zero-order valence-corrected chi connectivity index (χ0v) is 14.4. The number of carbonyl (C=O) groups excluding carboxylic acids is 2. The highest BCUT2D eigenvalue weighted by Gasteiger charge is 2.36. The third-order valence-electron chi connectivity index (χ3n) is 3.97. The Balaban J connectivity index is 1.81. The first-order chi connectivity index (χ1) is 11.1. The molecule has 0 N–H and O–H groups in total. The fraction of sp³-hybridized carbons (Fsp3) is 0.222. The van der Waals surface area contributed by atoms with Gasteiger partial charge in [0.15, 0.2) is 0 Å². The minimum Gasteiger partial charge on any atom is -0.291 e. The second-order valence-corrected chi connectivity index (χ2v) is 6.41. The van der Waals surface area contributed by atoms with Crippen LogP contribution in [0.25, 0.3) is 0 Å². The Hall–Kier alpha value is -1.98. The van der Waals surface area contributed by atoms with Gasteiger partial charge in [-0.25, -0.2) is 0 Å². The molecule has 1 heterocycles. The SMILES string of the molecule is CCN(Cc1ccccc1)CN1C(=O)C(=O)c2cc(Br)ccc21. The van der Waals surface area contributed by atoms with Gasteiger partial charge in [-0.15, -0.1) is 0 Å². The topological polar surface area (TPSA) is 40.6 Å². The fourth-order valence-corrected chi connectivity index (χ4v) is 3.08. The summed E-state index contributed by atoms with van der Waals surface area (Å²) in [5.74, 6) is -0.887. The molecule has 1 aliphatic heterocycles. The maximum Gasteiger partial charge on any atom is 0.300 e. The Bertz CT molecular complexity index is 746. The molecule has 0 unspecified atom stereocenters. The molecule has 2 aromatic rings. The summed E-state index contributed by atoms with van der Waals surface area (Å²) in [5, 5.41) is 0. The van der Waals surface area contributed by atoms with Crippen LogP contribution >= 0.6 is 15.9 Å². The van der Waals surface area contributed by atoms with Crippen LogP contribution in [0.4, 0.5) is 5.69 Å². The molecule has 2 aromatic carbocycles. The number of fused-ring (bicyclic) bond motifs is 1. The van der Waals surface area contributed by atoms with Crippen LogP contribution in [0.1, 0.15) is 22.8 Å². The van der Waals surface area contributed by atoms with Crippen LogP contribution in [-0.4, -0.2) is 29.8 Å². The number of hydrogen-bond donors (Lipinski definition) is 0. The minimum absolute atomic E-state index is 0.407. The molecule has 0 radical (unpaired) electrons. The third-order valence-corrected chi connectivity index (χ3v) is 4.46. The Labute approximate surface area is 143 Å². The van der Waals surface area contributed by atoms with Gasteiger partial charge in [-0.05, 0) is 30.3 Å². The van der Waals surface area contributed by atoms with E-state index in [0.717, 1.165) is 17.6 Å². The molecule has 0 saturated heterocycles. The molecule has 1 aliphatic rings. The number of nitrogens with zero attached hydrogens (tertiary/aromatic N) is 2. The molecule has 0 spiro atoms. The zero-order chi connectivity index (χ0) is 16.4. The Morgan fingerprint density at radius 3 is 2.52 bits per heavy atom. The number of rotatable bonds is 5. The predicted molar refractivity (Wildman–Crippen MR) is 93.4 cm³/mol. The second kappa shape index (κ2) is 6.64. The van der Waals surface area contributed by atoms with E-state index in [2.05, 4.69) is 33.0 Å². The summed E-state index contributed by atoms with van der Waals surface area (Å²) in [5.41, 5.74) is 2.35. The molecule has 4 nitrogen and oxygen atoms in total. The van der Waals surface area contributed by atoms with Gasteiger partial charge in [-0.1, -0.05) is 53.2 Å². The lowest BCUT2D eigenvalue weighted by Crippen LogP contribution is -2.40. The number of hydrogen-bond acceptors (Lipinski definition) is 3. The number of amides is 1. The quantitative estimate of drug-likeness (QED) is 0.754. The number of halogens is 1. The molecule has 0 saturated carbocycles. The van der Waals surface area contributed by atoms with Crippen LogP contribution in [0.3, 0.4) is 0 Å². The number of ketones is 1. The summed E-state index contributed by atoms with van der Waals surface area (Å²) < 4.78 is 0.802. The lowest BCUT2D eigenvalue weighted by atomic mass is 10.1. The van der Waals surface area contributed by atoms with Gasteiger partial charge in [-0.2, -0.15) is 0 Å². The summed E-state index contributed by atoms with van der Waals surface area (Å²) in [6, 6.07) is 15.5. The summed E-state index contributed by atoms with van der Waals surface area (Å²) >= 11 is 3.35. The highest BCUT2D eigenvalue weighted by atomic mass is 79.9. The Morgan fingerprint density at radius 1 is 1.09 bits per heavy atom. The van der Waals surface area contributed by atoms with E-state index in [-0.39, 0.29) is 0 Å². The third kappa shape index (κ3) is 3.21. The van der Waals surface area contributed by atoms with Crippen LogP contribution in [0.15, 0.2) is 53.0 Å². The van der Waals surface area contributed by atoms with Crippen molar-refractivity contribution in [3.8, 4) is 0 Å². The van der Waals surface area contributed by atoms with Crippen molar-refractivity contribution >= 4 is 33.3 Å². The molecule has 0 bridgehead atoms. The molecule has 23 heavy (non-hydrogen) atoms. The van der Waals surface area contributed by atoms with E-state index in [1.165, 1.54) is 5.56 Å². The van der Waals surface area contributed by atoms with Crippen LogP contribution in [0.2, 0.25) is 0 Å². The normalized spacial score (nSPS) is 13.8. The van der Waals surface area contributed by atoms with Gasteiger partial charge in [0.05, 0.1) is 17.9 Å². The molecular formula is C18H17BrN2O2. The molecule has 118 valence electrons. The Kier molecular flexibility index (Phi) is 4.59. The number of benzene rings is 2. The lowest BCUT2D eigenvalue weighted by molar-refractivity contribution is -0.114. The lowest BCUT2D eigenvalue weighted by Gasteiger charge is -2.26. The standard InChI is InChI=1S/C18H17BrN2O2/c1-2-20(11-13-6-4-3-5-7-13)12-21-16-9-8-14(19)10-15(16)17(22)18(21)23/h3-10H,2,11-12H2,1H3. The van der Waals surface area contributed by atoms with Crippen molar-refractivity contribution in [1.82, 2.24) is 4.90 Å². The first kappa shape index (κ1) is 15.9. The number of carbonyl (C=O) groups is 2. The van der Waals surface area contributed by atoms with Gasteiger partial charge in [0, 0.05) is 11.0 Å². The van der Waals surface area contributed by atoms with Crippen LogP contribution in [0.5, 0.6) is 0 Å². The van der Waals surface area contributed by atoms with E-state index < -0.39 is 11.7 Å². The summed E-state index contributed by atoms with van der Waals surface area (Å²) in [6.45, 7) is 3.98. The zero-order valence-electron chi connectivity index (χ0n) is 12.8. The van der Waals surface area contributed by atoms with Crippen molar-refractivity contribution in [2.24, 2.45) is 0 Å². The molecule has 0 fully saturated rings. The largest absolute Gasteiger partial charge is 0.300 e. The van der Waals surface area contributed by atoms with Crippen LogP contribution < -0.4 is 4.90 Å². The highest BCUT2D eigenvalue weighted by Crippen LogP contribution is 2.31. The van der Waals surface area contributed by atoms with Crippen molar-refractivity contribution in [2.75, 3.05) is 18.1 Å². The molecular weight excluding hydrogens is 356 g/mol. The first-order valence-corrected chi connectivity index (χ1v) is 8.31. The average Bonchev–Trinajstić information content (AvgIpc) is 2.79. The molecule has 0 atom stereocenters. The van der Waals surface area contributed by atoms with Gasteiger partial charge >= 0.3 is 5.91 Å². The summed E-state index contributed by atoms with van der Waals surface area (Å²) in [4.78, 5) is 28.2. The van der Waals surface area contributed by atoms with Gasteiger partial charge in [0.1, 0.15) is 0 Å². The molecule has 1 amide bonds. The molecule has 0 aromatic heterocycles. The van der Waals surface area contributed by atoms with Crippen LogP contribution in [-0.2, 0) is 11.3 Å². The van der Waals surface area contributed by atoms with Crippen molar-refractivity contribution in [3.05, 3.63) is 64.1 Å². The van der Waals surface area contributed by atoms with E-state index in [4.69, 9.17) is 0 Å². The molecule has 3 rings (SSSR count). The van der Waals surface area contributed by atoms with Crippen molar-refractivity contribution in [3.63, 3.8) is 0 Å². The second-order valence-electron chi connectivity index (χ2n) is 5.50. The summed E-state index contributed by atoms with van der Waals surface area (Å²) in [7, 11) is 0. The van der Waals surface area contributed by atoms with Crippen molar-refractivity contribution in [2.45, 2.75) is 13.5 Å². The predicted octanol–water partition coefficient (Wildman–Crippen LogP) is 3.46.